The monoisotopic (exact) mass is 286 g/mol. The molecule has 1 spiro atoms. The van der Waals surface area contributed by atoms with Gasteiger partial charge >= 0.3 is 0 Å². The Morgan fingerprint density at radius 2 is 1.86 bits per heavy atom. The van der Waals surface area contributed by atoms with Crippen LogP contribution in [0.5, 0.6) is 0 Å². The number of amides is 1. The molecule has 2 aliphatic rings. The van der Waals surface area contributed by atoms with Gasteiger partial charge in [-0.3, -0.25) is 4.79 Å². The lowest BCUT2D eigenvalue weighted by molar-refractivity contribution is -0.124. The molecule has 114 valence electrons. The van der Waals surface area contributed by atoms with Crippen LogP contribution >= 0.6 is 0 Å². The van der Waals surface area contributed by atoms with E-state index in [-0.39, 0.29) is 16.7 Å². The van der Waals surface area contributed by atoms with Crippen molar-refractivity contribution in [2.75, 3.05) is 27.2 Å². The number of rotatable bonds is 5. The van der Waals surface area contributed by atoms with Crippen LogP contribution in [0.15, 0.2) is 30.3 Å². The largest absolute Gasteiger partial charge is 0.354 e. The molecule has 1 N–H and O–H groups in total. The first-order valence-electron chi connectivity index (χ1n) is 8.09. The summed E-state index contributed by atoms with van der Waals surface area (Å²) in [5.41, 5.74) is 1.21. The van der Waals surface area contributed by atoms with E-state index >= 15 is 0 Å². The van der Waals surface area contributed by atoms with Crippen molar-refractivity contribution in [1.29, 1.82) is 0 Å². The second-order valence-corrected chi connectivity index (χ2v) is 6.99. The Morgan fingerprint density at radius 3 is 2.48 bits per heavy atom. The number of carbonyl (C=O) groups is 1. The van der Waals surface area contributed by atoms with Crippen LogP contribution in [0.4, 0.5) is 0 Å². The van der Waals surface area contributed by atoms with Crippen molar-refractivity contribution in [2.45, 2.75) is 37.5 Å². The number of carbonyl (C=O) groups excluding carboxylic acids is 1. The van der Waals surface area contributed by atoms with Crippen LogP contribution in [0.2, 0.25) is 0 Å². The maximum absolute atomic E-state index is 12.9. The van der Waals surface area contributed by atoms with Crippen molar-refractivity contribution in [2.24, 2.45) is 5.41 Å². The van der Waals surface area contributed by atoms with E-state index in [0.29, 0.717) is 0 Å². The van der Waals surface area contributed by atoms with Gasteiger partial charge in [0.2, 0.25) is 5.91 Å². The summed E-state index contributed by atoms with van der Waals surface area (Å²) in [6.07, 6.45) is 6.02. The molecular formula is C18H26N2O. The fraction of sp³-hybridized carbons (Fsp3) is 0.611. The lowest BCUT2D eigenvalue weighted by Crippen LogP contribution is -2.41. The van der Waals surface area contributed by atoms with Crippen molar-refractivity contribution in [3.8, 4) is 0 Å². The van der Waals surface area contributed by atoms with E-state index in [0.717, 1.165) is 19.5 Å². The lowest BCUT2D eigenvalue weighted by Gasteiger charge is -2.23. The smallest absolute Gasteiger partial charge is 0.231 e. The van der Waals surface area contributed by atoms with Crippen LogP contribution in [0.3, 0.4) is 0 Å². The number of likely N-dealkylation sites (N-methyl/N-ethyl adjacent to an activating group) is 1. The van der Waals surface area contributed by atoms with E-state index in [1.54, 1.807) is 0 Å². The van der Waals surface area contributed by atoms with Crippen molar-refractivity contribution in [3.05, 3.63) is 35.9 Å². The van der Waals surface area contributed by atoms with Crippen molar-refractivity contribution in [1.82, 2.24) is 10.2 Å². The molecule has 2 saturated carbocycles. The maximum atomic E-state index is 12.9. The first kappa shape index (κ1) is 14.6. The molecule has 1 atom stereocenters. The molecule has 3 nitrogen and oxygen atoms in total. The molecule has 3 heteroatoms. The van der Waals surface area contributed by atoms with E-state index < -0.39 is 0 Å². The quantitative estimate of drug-likeness (QED) is 0.902. The highest BCUT2D eigenvalue weighted by Crippen LogP contribution is 2.72. The predicted molar refractivity (Wildman–Crippen MR) is 85.2 cm³/mol. The third kappa shape index (κ3) is 2.38. The van der Waals surface area contributed by atoms with Crippen LogP contribution < -0.4 is 5.32 Å². The van der Waals surface area contributed by atoms with Gasteiger partial charge in [0.15, 0.2) is 0 Å². The summed E-state index contributed by atoms with van der Waals surface area (Å²) in [4.78, 5) is 15.0. The molecule has 0 aliphatic heterocycles. The van der Waals surface area contributed by atoms with Gasteiger partial charge in [0.05, 0.1) is 5.41 Å². The number of nitrogens with one attached hydrogen (secondary N) is 1. The Kier molecular flexibility index (Phi) is 3.78. The molecule has 1 amide bonds. The van der Waals surface area contributed by atoms with Crippen molar-refractivity contribution >= 4 is 5.91 Å². The summed E-state index contributed by atoms with van der Waals surface area (Å²) in [5.74, 6) is 0.248. The third-order valence-electron chi connectivity index (χ3n) is 5.44. The molecule has 0 aromatic heterocycles. The molecule has 21 heavy (non-hydrogen) atoms. The minimum Gasteiger partial charge on any atom is -0.354 e. The normalized spacial score (nSPS) is 26.2. The fourth-order valence-electron chi connectivity index (χ4n) is 4.25. The van der Waals surface area contributed by atoms with Crippen LogP contribution in [0.1, 0.15) is 37.7 Å². The summed E-state index contributed by atoms with van der Waals surface area (Å²) >= 11 is 0. The number of benzene rings is 1. The molecule has 0 unspecified atom stereocenters. The predicted octanol–water partition coefficient (Wildman–Crippen LogP) is 2.57. The van der Waals surface area contributed by atoms with Gasteiger partial charge in [-0.1, -0.05) is 43.2 Å². The summed E-state index contributed by atoms with van der Waals surface area (Å²) < 4.78 is 0. The summed E-state index contributed by atoms with van der Waals surface area (Å²) in [5, 5.41) is 3.19. The molecule has 0 radical (unpaired) electrons. The second kappa shape index (κ2) is 5.45. The second-order valence-electron chi connectivity index (χ2n) is 6.99. The number of nitrogens with zero attached hydrogens (tertiary/aromatic N) is 1. The van der Waals surface area contributed by atoms with Gasteiger partial charge in [0.1, 0.15) is 0 Å². The van der Waals surface area contributed by atoms with Gasteiger partial charge < -0.3 is 10.2 Å². The third-order valence-corrected chi connectivity index (χ3v) is 5.44. The summed E-state index contributed by atoms with van der Waals surface area (Å²) in [7, 11) is 4.07. The minimum atomic E-state index is -0.253. The first-order chi connectivity index (χ1) is 10.1. The van der Waals surface area contributed by atoms with Gasteiger partial charge in [0.25, 0.3) is 0 Å². The van der Waals surface area contributed by atoms with Gasteiger partial charge in [0, 0.05) is 13.1 Å². The Morgan fingerprint density at radius 1 is 1.19 bits per heavy atom. The number of hydrogen-bond acceptors (Lipinski definition) is 2. The molecule has 0 bridgehead atoms. The first-order valence-corrected chi connectivity index (χ1v) is 8.09. The van der Waals surface area contributed by atoms with E-state index in [4.69, 9.17) is 0 Å². The summed E-state index contributed by atoms with van der Waals surface area (Å²) in [6, 6.07) is 10.4. The lowest BCUT2D eigenvalue weighted by atomic mass is 9.84. The highest BCUT2D eigenvalue weighted by atomic mass is 16.2. The topological polar surface area (TPSA) is 32.3 Å². The highest BCUT2D eigenvalue weighted by molar-refractivity contribution is 5.93. The van der Waals surface area contributed by atoms with Gasteiger partial charge in [-0.25, -0.2) is 0 Å². The molecule has 1 aromatic rings. The van der Waals surface area contributed by atoms with Crippen molar-refractivity contribution < 1.29 is 4.79 Å². The molecule has 2 aliphatic carbocycles. The van der Waals surface area contributed by atoms with E-state index in [9.17, 15) is 4.79 Å². The number of hydrogen-bond donors (Lipinski definition) is 1. The molecule has 2 fully saturated rings. The van der Waals surface area contributed by atoms with E-state index in [1.807, 2.05) is 20.2 Å². The Bertz CT molecular complexity index is 505. The maximum Gasteiger partial charge on any atom is 0.231 e. The van der Waals surface area contributed by atoms with Gasteiger partial charge in [-0.05, 0) is 44.3 Å². The van der Waals surface area contributed by atoms with Crippen LogP contribution in [0, 0.1) is 5.41 Å². The standard InChI is InChI=1S/C18H26N2O/c1-20(2)13-12-19-16(21)18(15-8-4-3-5-9-15)14-17(18)10-6-7-11-17/h3-5,8-9H,6-7,10-14H2,1-2H3,(H,19,21)/t18-/m1/s1. The van der Waals surface area contributed by atoms with E-state index in [2.05, 4.69) is 34.5 Å². The molecule has 1 aromatic carbocycles. The fourth-order valence-corrected chi connectivity index (χ4v) is 4.25. The molecule has 0 heterocycles. The Hall–Kier alpha value is -1.35. The van der Waals surface area contributed by atoms with E-state index in [1.165, 1.54) is 31.2 Å². The zero-order chi connectivity index (χ0) is 14.9. The zero-order valence-corrected chi connectivity index (χ0v) is 13.2. The molecular weight excluding hydrogens is 260 g/mol. The average Bonchev–Trinajstić information content (AvgIpc) is 2.88. The van der Waals surface area contributed by atoms with Crippen LogP contribution in [-0.2, 0) is 10.2 Å². The van der Waals surface area contributed by atoms with Crippen molar-refractivity contribution in [3.63, 3.8) is 0 Å². The summed E-state index contributed by atoms with van der Waals surface area (Å²) in [6.45, 7) is 1.63. The molecule has 0 saturated heterocycles. The van der Waals surface area contributed by atoms with Crippen LogP contribution in [-0.4, -0.2) is 38.0 Å². The Balaban J connectivity index is 1.80. The van der Waals surface area contributed by atoms with Crippen LogP contribution in [0.25, 0.3) is 0 Å². The van der Waals surface area contributed by atoms with Gasteiger partial charge in [-0.15, -0.1) is 0 Å². The van der Waals surface area contributed by atoms with Gasteiger partial charge in [-0.2, -0.15) is 0 Å². The molecule has 3 rings (SSSR count). The minimum absolute atomic E-state index is 0.247. The average molecular weight is 286 g/mol. The zero-order valence-electron chi connectivity index (χ0n) is 13.2. The highest BCUT2D eigenvalue weighted by Gasteiger charge is 2.72. The Labute approximate surface area is 127 Å². The SMILES string of the molecule is CN(C)CCNC(=O)[C@]1(c2ccccc2)CC12CCCC2.